The fourth-order valence-corrected chi connectivity index (χ4v) is 3.09. The number of aryl methyl sites for hydroxylation is 2. The van der Waals surface area contributed by atoms with Crippen molar-refractivity contribution in [2.75, 3.05) is 6.61 Å². The average Bonchev–Trinajstić information content (AvgIpc) is 3.02. The lowest BCUT2D eigenvalue weighted by Gasteiger charge is -2.08. The normalized spacial score (nSPS) is 11.1. The molecule has 1 aromatic carbocycles. The van der Waals surface area contributed by atoms with Gasteiger partial charge >= 0.3 is 5.97 Å². The Kier molecular flexibility index (Phi) is 5.52. The van der Waals surface area contributed by atoms with Crippen LogP contribution >= 0.6 is 11.6 Å². The zero-order chi connectivity index (χ0) is 18.7. The fourth-order valence-electron chi connectivity index (χ4n) is 2.97. The highest BCUT2D eigenvalue weighted by Gasteiger charge is 2.23. The van der Waals surface area contributed by atoms with Crippen molar-refractivity contribution in [2.24, 2.45) is 0 Å². The molecule has 6 nitrogen and oxygen atoms in total. The first-order chi connectivity index (χ1) is 12.6. The average molecular weight is 373 g/mol. The summed E-state index contributed by atoms with van der Waals surface area (Å²) in [5.74, 6) is -0.466. The molecular weight excluding hydrogens is 352 g/mol. The van der Waals surface area contributed by atoms with Gasteiger partial charge in [0.25, 0.3) is 0 Å². The molecule has 26 heavy (non-hydrogen) atoms. The number of rotatable bonds is 6. The zero-order valence-corrected chi connectivity index (χ0v) is 15.9. The Morgan fingerprint density at radius 3 is 2.50 bits per heavy atom. The van der Waals surface area contributed by atoms with Crippen LogP contribution in [0.25, 0.3) is 16.8 Å². The maximum atomic E-state index is 12.3. The van der Waals surface area contributed by atoms with Crippen LogP contribution in [0, 0.1) is 0 Å². The first-order valence-electron chi connectivity index (χ1n) is 8.80. The van der Waals surface area contributed by atoms with Crippen LogP contribution in [0.2, 0.25) is 5.02 Å². The number of nitrogens with zero attached hydrogens (tertiary/aromatic N) is 4. The first-order valence-corrected chi connectivity index (χ1v) is 9.18. The second-order valence-electron chi connectivity index (χ2n) is 5.88. The SMILES string of the molecule is CCCc1c(C(=O)OCC)nnc2c(-c3ccc(Cl)cc3)c(CC)nn12. The lowest BCUT2D eigenvalue weighted by Crippen LogP contribution is -2.16. The lowest BCUT2D eigenvalue weighted by atomic mass is 10.0. The molecule has 0 unspecified atom stereocenters. The predicted octanol–water partition coefficient (Wildman–Crippen LogP) is 4.14. The van der Waals surface area contributed by atoms with Gasteiger partial charge in [0.2, 0.25) is 0 Å². The van der Waals surface area contributed by atoms with Gasteiger partial charge < -0.3 is 4.74 Å². The Hall–Kier alpha value is -2.47. The topological polar surface area (TPSA) is 69.4 Å². The quantitative estimate of drug-likeness (QED) is 0.608. The van der Waals surface area contributed by atoms with Crippen molar-refractivity contribution < 1.29 is 9.53 Å². The fraction of sp³-hybridized carbons (Fsp3) is 0.368. The molecule has 7 heteroatoms. The summed E-state index contributed by atoms with van der Waals surface area (Å²) in [5.41, 5.74) is 4.40. The van der Waals surface area contributed by atoms with E-state index in [1.54, 1.807) is 11.4 Å². The van der Waals surface area contributed by atoms with Gasteiger partial charge in [-0.05, 0) is 37.5 Å². The summed E-state index contributed by atoms with van der Waals surface area (Å²) in [6.07, 6.45) is 2.25. The molecule has 2 aromatic heterocycles. The number of halogens is 1. The molecule has 0 bridgehead atoms. The van der Waals surface area contributed by atoms with Crippen molar-refractivity contribution in [3.05, 3.63) is 46.4 Å². The van der Waals surface area contributed by atoms with Crippen LogP contribution in [-0.2, 0) is 17.6 Å². The van der Waals surface area contributed by atoms with E-state index >= 15 is 0 Å². The van der Waals surface area contributed by atoms with E-state index in [0.29, 0.717) is 23.7 Å². The number of carbonyl (C=O) groups excluding carboxylic acids is 1. The second-order valence-corrected chi connectivity index (χ2v) is 6.32. The summed E-state index contributed by atoms with van der Waals surface area (Å²) in [6.45, 7) is 6.15. The van der Waals surface area contributed by atoms with Gasteiger partial charge in [0.15, 0.2) is 11.3 Å². The van der Waals surface area contributed by atoms with Crippen LogP contribution in [0.15, 0.2) is 24.3 Å². The number of aromatic nitrogens is 4. The van der Waals surface area contributed by atoms with E-state index < -0.39 is 5.97 Å². The molecule has 3 aromatic rings. The van der Waals surface area contributed by atoms with Crippen molar-refractivity contribution >= 4 is 23.2 Å². The van der Waals surface area contributed by atoms with Gasteiger partial charge in [0.05, 0.1) is 23.6 Å². The number of hydrogen-bond donors (Lipinski definition) is 0. The van der Waals surface area contributed by atoms with E-state index in [2.05, 4.69) is 10.2 Å². The van der Waals surface area contributed by atoms with E-state index in [0.717, 1.165) is 35.4 Å². The minimum atomic E-state index is -0.466. The van der Waals surface area contributed by atoms with Crippen molar-refractivity contribution in [3.8, 4) is 11.1 Å². The third-order valence-corrected chi connectivity index (χ3v) is 4.38. The molecule has 0 aliphatic carbocycles. The van der Waals surface area contributed by atoms with E-state index in [-0.39, 0.29) is 5.69 Å². The number of esters is 1. The van der Waals surface area contributed by atoms with Crippen LogP contribution in [0.3, 0.4) is 0 Å². The molecule has 136 valence electrons. The predicted molar refractivity (Wildman–Crippen MR) is 101 cm³/mol. The summed E-state index contributed by atoms with van der Waals surface area (Å²) >= 11 is 6.02. The van der Waals surface area contributed by atoms with Gasteiger partial charge in [-0.1, -0.05) is 44.0 Å². The van der Waals surface area contributed by atoms with Crippen LogP contribution in [0.5, 0.6) is 0 Å². The third-order valence-electron chi connectivity index (χ3n) is 4.13. The molecule has 0 N–H and O–H groups in total. The van der Waals surface area contributed by atoms with Crippen molar-refractivity contribution in [2.45, 2.75) is 40.0 Å². The molecule has 0 saturated carbocycles. The van der Waals surface area contributed by atoms with Gasteiger partial charge in [-0.3, -0.25) is 0 Å². The summed E-state index contributed by atoms with van der Waals surface area (Å²) in [6, 6.07) is 7.57. The van der Waals surface area contributed by atoms with Gasteiger partial charge in [-0.2, -0.15) is 5.10 Å². The summed E-state index contributed by atoms with van der Waals surface area (Å²) in [4.78, 5) is 12.3. The van der Waals surface area contributed by atoms with Gasteiger partial charge in [-0.15, -0.1) is 10.2 Å². The number of hydrogen-bond acceptors (Lipinski definition) is 5. The number of fused-ring (bicyclic) bond motifs is 1. The van der Waals surface area contributed by atoms with E-state index in [4.69, 9.17) is 21.4 Å². The van der Waals surface area contributed by atoms with Crippen LogP contribution < -0.4 is 0 Å². The van der Waals surface area contributed by atoms with Crippen molar-refractivity contribution in [1.29, 1.82) is 0 Å². The Morgan fingerprint density at radius 2 is 1.88 bits per heavy atom. The maximum absolute atomic E-state index is 12.3. The molecule has 0 atom stereocenters. The van der Waals surface area contributed by atoms with Crippen molar-refractivity contribution in [1.82, 2.24) is 19.8 Å². The third kappa shape index (κ3) is 3.29. The van der Waals surface area contributed by atoms with Crippen LogP contribution in [0.1, 0.15) is 49.1 Å². The Labute approximate surface area is 157 Å². The smallest absolute Gasteiger partial charge is 0.360 e. The molecule has 0 amide bonds. The Morgan fingerprint density at radius 1 is 1.15 bits per heavy atom. The monoisotopic (exact) mass is 372 g/mol. The molecule has 0 radical (unpaired) electrons. The highest BCUT2D eigenvalue weighted by molar-refractivity contribution is 6.30. The van der Waals surface area contributed by atoms with E-state index in [1.165, 1.54) is 0 Å². The zero-order valence-electron chi connectivity index (χ0n) is 15.1. The molecule has 3 rings (SSSR count). The first kappa shape index (κ1) is 18.3. The lowest BCUT2D eigenvalue weighted by molar-refractivity contribution is 0.0515. The number of carbonyl (C=O) groups is 1. The molecule has 0 fully saturated rings. The van der Waals surface area contributed by atoms with Crippen LogP contribution in [-0.4, -0.2) is 32.4 Å². The largest absolute Gasteiger partial charge is 0.461 e. The second kappa shape index (κ2) is 7.83. The minimum absolute atomic E-state index is 0.231. The molecule has 0 spiro atoms. The molecule has 2 heterocycles. The summed E-state index contributed by atoms with van der Waals surface area (Å²) < 4.78 is 6.87. The summed E-state index contributed by atoms with van der Waals surface area (Å²) in [7, 11) is 0. The van der Waals surface area contributed by atoms with E-state index in [9.17, 15) is 4.79 Å². The Balaban J connectivity index is 2.26. The molecule has 0 aliphatic heterocycles. The molecular formula is C19H21ClN4O2. The number of benzene rings is 1. The Bertz CT molecular complexity index is 935. The van der Waals surface area contributed by atoms with Crippen molar-refractivity contribution in [3.63, 3.8) is 0 Å². The molecule has 0 aliphatic rings. The van der Waals surface area contributed by atoms with E-state index in [1.807, 2.05) is 38.1 Å². The molecule has 0 saturated heterocycles. The maximum Gasteiger partial charge on any atom is 0.360 e. The highest BCUT2D eigenvalue weighted by Crippen LogP contribution is 2.30. The van der Waals surface area contributed by atoms with Crippen LogP contribution in [0.4, 0.5) is 0 Å². The summed E-state index contributed by atoms with van der Waals surface area (Å²) in [5, 5.41) is 13.9. The minimum Gasteiger partial charge on any atom is -0.461 e. The highest BCUT2D eigenvalue weighted by atomic mass is 35.5. The van der Waals surface area contributed by atoms with Gasteiger partial charge in [0.1, 0.15) is 0 Å². The van der Waals surface area contributed by atoms with Gasteiger partial charge in [0, 0.05) is 5.02 Å². The number of ether oxygens (including phenoxy) is 1. The van der Waals surface area contributed by atoms with Gasteiger partial charge in [-0.25, -0.2) is 9.31 Å². The standard InChI is InChI=1S/C19H21ClN4O2/c1-4-7-15-17(19(25)26-6-3)21-22-18-16(14(5-2)23-24(15)18)12-8-10-13(20)11-9-12/h8-11H,4-7H2,1-3H3.